The highest BCUT2D eigenvalue weighted by molar-refractivity contribution is 6.32. The molecule has 1 aromatic carbocycles. The Hall–Kier alpha value is -4.29. The molecule has 200 valence electrons. The number of benzene rings is 1. The predicted molar refractivity (Wildman–Crippen MR) is 145 cm³/mol. The van der Waals surface area contributed by atoms with Gasteiger partial charge < -0.3 is 20.1 Å². The molecule has 0 radical (unpaired) electrons. The summed E-state index contributed by atoms with van der Waals surface area (Å²) < 4.78 is 8.74. The molecule has 12 nitrogen and oxygen atoms in total. The summed E-state index contributed by atoms with van der Waals surface area (Å²) in [6, 6.07) is 5.59. The van der Waals surface area contributed by atoms with E-state index < -0.39 is 6.10 Å². The number of aromatic nitrogens is 7. The van der Waals surface area contributed by atoms with Gasteiger partial charge in [-0.1, -0.05) is 17.7 Å². The molecule has 1 unspecified atom stereocenters. The highest BCUT2D eigenvalue weighted by atomic mass is 35.5. The third-order valence-corrected chi connectivity index (χ3v) is 7.16. The van der Waals surface area contributed by atoms with Crippen LogP contribution in [-0.2, 0) is 13.1 Å². The second-order valence-corrected chi connectivity index (χ2v) is 9.71. The van der Waals surface area contributed by atoms with Gasteiger partial charge in [0.15, 0.2) is 17.3 Å². The Morgan fingerprint density at radius 1 is 1.23 bits per heavy atom. The first-order chi connectivity index (χ1) is 19.0. The summed E-state index contributed by atoms with van der Waals surface area (Å²) in [5.74, 6) is 1.42. The minimum absolute atomic E-state index is 0.233. The second kappa shape index (κ2) is 10.1. The van der Waals surface area contributed by atoms with Crippen LogP contribution in [0, 0.1) is 0 Å². The monoisotopic (exact) mass is 547 g/mol. The number of carbonyl (C=O) groups is 1. The largest absolute Gasteiger partial charge is 0.495 e. The first kappa shape index (κ1) is 25.0. The lowest BCUT2D eigenvalue weighted by atomic mass is 10.1. The van der Waals surface area contributed by atoms with E-state index >= 15 is 0 Å². The average molecular weight is 548 g/mol. The van der Waals surface area contributed by atoms with Crippen LogP contribution in [0.25, 0.3) is 27.6 Å². The van der Waals surface area contributed by atoms with Crippen molar-refractivity contribution in [3.63, 3.8) is 0 Å². The number of methoxy groups -OCH3 is 1. The highest BCUT2D eigenvalue weighted by Gasteiger charge is 2.27. The minimum atomic E-state index is -0.502. The summed E-state index contributed by atoms with van der Waals surface area (Å²) in [6.45, 7) is 3.92. The number of fused-ring (bicyclic) bond motifs is 3. The number of hydrogen-bond donors (Lipinski definition) is 2. The average Bonchev–Trinajstić information content (AvgIpc) is 3.71. The molecule has 0 aliphatic carbocycles. The smallest absolute Gasteiger partial charge is 0.274 e. The van der Waals surface area contributed by atoms with Gasteiger partial charge in [-0.2, -0.15) is 5.10 Å². The van der Waals surface area contributed by atoms with Crippen LogP contribution in [0.15, 0.2) is 43.1 Å². The van der Waals surface area contributed by atoms with Crippen molar-refractivity contribution in [2.45, 2.75) is 32.5 Å². The number of ether oxygens (including phenoxy) is 1. The summed E-state index contributed by atoms with van der Waals surface area (Å²) in [5.41, 5.74) is 1.94. The number of pyridine rings is 1. The number of likely N-dealkylation sites (tertiary alicyclic amines) is 1. The second-order valence-electron chi connectivity index (χ2n) is 9.30. The van der Waals surface area contributed by atoms with Crippen LogP contribution >= 0.6 is 11.6 Å². The highest BCUT2D eigenvalue weighted by Crippen LogP contribution is 2.32. The lowest BCUT2D eigenvalue weighted by Gasteiger charge is -2.14. The Morgan fingerprint density at radius 2 is 2.10 bits per heavy atom. The van der Waals surface area contributed by atoms with Crippen molar-refractivity contribution in [3.8, 4) is 11.6 Å². The van der Waals surface area contributed by atoms with E-state index in [0.717, 1.165) is 27.4 Å². The van der Waals surface area contributed by atoms with Crippen LogP contribution in [0.5, 0.6) is 5.75 Å². The van der Waals surface area contributed by atoms with Crippen LogP contribution in [0.1, 0.15) is 29.4 Å². The van der Waals surface area contributed by atoms with E-state index in [9.17, 15) is 9.90 Å². The third kappa shape index (κ3) is 4.51. The summed E-state index contributed by atoms with van der Waals surface area (Å²) in [4.78, 5) is 23.5. The molecule has 0 saturated carbocycles. The van der Waals surface area contributed by atoms with Crippen LogP contribution in [0.4, 0.5) is 5.82 Å². The number of β-amino-alcohol motifs (C(OH)–C–C–N with tert-alkyl or cyclic N) is 1. The molecule has 0 bridgehead atoms. The molecule has 5 aromatic rings. The Labute approximate surface area is 228 Å². The van der Waals surface area contributed by atoms with Gasteiger partial charge in [0.1, 0.15) is 17.8 Å². The lowest BCUT2D eigenvalue weighted by molar-refractivity contribution is 0.0759. The SMILES string of the molecule is CCn1ncc2c3c(NCc4ccc(OC)c(Cl)c4)nnc(-n4cnc(C(=O)N5CCC(O)C5)c4)c3cnc21. The molecule has 1 aliphatic rings. The summed E-state index contributed by atoms with van der Waals surface area (Å²) in [7, 11) is 1.58. The normalized spacial score (nSPS) is 15.4. The van der Waals surface area contributed by atoms with Gasteiger partial charge in [-0.05, 0) is 31.0 Å². The number of carbonyl (C=O) groups excluding carboxylic acids is 1. The van der Waals surface area contributed by atoms with Crippen LogP contribution in [0.2, 0.25) is 5.02 Å². The van der Waals surface area contributed by atoms with E-state index in [2.05, 4.69) is 30.6 Å². The third-order valence-electron chi connectivity index (χ3n) is 6.86. The van der Waals surface area contributed by atoms with Gasteiger partial charge in [-0.25, -0.2) is 14.6 Å². The molecule has 39 heavy (non-hydrogen) atoms. The van der Waals surface area contributed by atoms with E-state index in [1.54, 1.807) is 35.2 Å². The summed E-state index contributed by atoms with van der Waals surface area (Å²) in [6.07, 6.45) is 6.74. The molecule has 1 saturated heterocycles. The number of aliphatic hydroxyl groups is 1. The Bertz CT molecular complexity index is 1700. The van der Waals surface area contributed by atoms with Gasteiger partial charge >= 0.3 is 0 Å². The van der Waals surface area contributed by atoms with Gasteiger partial charge in [-0.15, -0.1) is 10.2 Å². The zero-order valence-corrected chi connectivity index (χ0v) is 22.1. The number of aliphatic hydroxyl groups excluding tert-OH is 1. The number of anilines is 1. The molecule has 1 fully saturated rings. The van der Waals surface area contributed by atoms with Gasteiger partial charge in [0.2, 0.25) is 0 Å². The maximum Gasteiger partial charge on any atom is 0.274 e. The molecular formula is C26H26ClN9O3. The topological polar surface area (TPSA) is 136 Å². The van der Waals surface area contributed by atoms with E-state index in [0.29, 0.717) is 55.0 Å². The van der Waals surface area contributed by atoms with Gasteiger partial charge in [0.05, 0.1) is 29.8 Å². The molecular weight excluding hydrogens is 522 g/mol. The van der Waals surface area contributed by atoms with Crippen molar-refractivity contribution >= 4 is 45.1 Å². The molecule has 1 aliphatic heterocycles. The number of rotatable bonds is 7. The maximum atomic E-state index is 12.9. The fourth-order valence-electron chi connectivity index (χ4n) is 4.84. The molecule has 1 amide bonds. The molecule has 1 atom stereocenters. The van der Waals surface area contributed by atoms with Crippen molar-refractivity contribution in [2.75, 3.05) is 25.5 Å². The Kier molecular flexibility index (Phi) is 6.49. The molecule has 5 heterocycles. The van der Waals surface area contributed by atoms with Crippen molar-refractivity contribution in [3.05, 3.63) is 59.4 Å². The van der Waals surface area contributed by atoms with Gasteiger partial charge in [0.25, 0.3) is 5.91 Å². The number of imidazole rings is 1. The van der Waals surface area contributed by atoms with E-state index in [4.69, 9.17) is 16.3 Å². The van der Waals surface area contributed by atoms with Crippen molar-refractivity contribution in [1.82, 2.24) is 39.4 Å². The first-order valence-corrected chi connectivity index (χ1v) is 12.9. The number of aryl methyl sites for hydroxylation is 1. The lowest BCUT2D eigenvalue weighted by Crippen LogP contribution is -2.29. The molecule has 2 N–H and O–H groups in total. The maximum absolute atomic E-state index is 12.9. The van der Waals surface area contributed by atoms with Gasteiger partial charge in [-0.3, -0.25) is 9.36 Å². The predicted octanol–water partition coefficient (Wildman–Crippen LogP) is 3.06. The summed E-state index contributed by atoms with van der Waals surface area (Å²) in [5, 5.41) is 29.6. The number of hydrogen-bond acceptors (Lipinski definition) is 9. The molecule has 6 rings (SSSR count). The van der Waals surface area contributed by atoms with Crippen molar-refractivity contribution in [2.24, 2.45) is 0 Å². The number of amides is 1. The fraction of sp³-hybridized carbons (Fsp3) is 0.308. The van der Waals surface area contributed by atoms with Crippen LogP contribution in [0.3, 0.4) is 0 Å². The fourth-order valence-corrected chi connectivity index (χ4v) is 5.12. The molecule has 13 heteroatoms. The zero-order valence-electron chi connectivity index (χ0n) is 21.4. The van der Waals surface area contributed by atoms with Crippen molar-refractivity contribution in [1.29, 1.82) is 0 Å². The molecule has 4 aromatic heterocycles. The Balaban J connectivity index is 1.40. The zero-order chi connectivity index (χ0) is 27.1. The van der Waals surface area contributed by atoms with Gasteiger partial charge in [0, 0.05) is 49.3 Å². The first-order valence-electron chi connectivity index (χ1n) is 12.6. The minimum Gasteiger partial charge on any atom is -0.495 e. The van der Waals surface area contributed by atoms with Crippen molar-refractivity contribution < 1.29 is 14.6 Å². The number of nitrogens with zero attached hydrogens (tertiary/aromatic N) is 8. The van der Waals surface area contributed by atoms with E-state index in [-0.39, 0.29) is 11.6 Å². The summed E-state index contributed by atoms with van der Waals surface area (Å²) >= 11 is 6.32. The number of halogens is 1. The van der Waals surface area contributed by atoms with E-state index in [1.165, 1.54) is 6.33 Å². The van der Waals surface area contributed by atoms with E-state index in [1.807, 2.05) is 29.8 Å². The number of nitrogens with one attached hydrogen (secondary N) is 1. The van der Waals surface area contributed by atoms with Crippen LogP contribution < -0.4 is 10.1 Å². The van der Waals surface area contributed by atoms with Crippen LogP contribution in [-0.4, -0.2) is 76.7 Å². The molecule has 0 spiro atoms. The quantitative estimate of drug-likeness (QED) is 0.315. The standard InChI is InChI=1S/C26H26ClN9O3/c1-3-36-24-18(11-31-36)22-17(10-29-24)25(35-13-20(30-14-35)26(38)34-7-6-16(37)12-34)33-32-23(22)28-9-15-4-5-21(39-2)19(27)8-15/h4-5,8,10-11,13-14,16,37H,3,6-7,9,12H2,1-2H3,(H,28,32). The Morgan fingerprint density at radius 3 is 2.85 bits per heavy atom.